The van der Waals surface area contributed by atoms with Crippen LogP contribution in [0.3, 0.4) is 0 Å². The highest BCUT2D eigenvalue weighted by Gasteiger charge is 2.23. The van der Waals surface area contributed by atoms with E-state index in [1.807, 2.05) is 6.07 Å². The second-order valence-corrected chi connectivity index (χ2v) is 8.17. The average molecular weight is 381 g/mol. The summed E-state index contributed by atoms with van der Waals surface area (Å²) in [5.41, 5.74) is 5.92. The molecule has 27 heavy (non-hydrogen) atoms. The molecular weight excluding hydrogens is 358 g/mol. The van der Waals surface area contributed by atoms with Crippen molar-refractivity contribution >= 4 is 27.5 Å². The van der Waals surface area contributed by atoms with Crippen molar-refractivity contribution in [2.75, 3.05) is 13.1 Å². The van der Waals surface area contributed by atoms with Gasteiger partial charge < -0.3 is 15.1 Å². The molecule has 5 heteroatoms. The maximum Gasteiger partial charge on any atom is 0.407 e. The van der Waals surface area contributed by atoms with E-state index < -0.39 is 6.09 Å². The average Bonchev–Trinajstić information content (AvgIpc) is 3.10. The first-order valence-corrected chi connectivity index (χ1v) is 10.1. The first kappa shape index (κ1) is 18.0. The van der Waals surface area contributed by atoms with Crippen LogP contribution in [0.15, 0.2) is 41.8 Å². The summed E-state index contributed by atoms with van der Waals surface area (Å²) >= 11 is 1.73. The second-order valence-electron chi connectivity index (χ2n) is 7.26. The zero-order chi connectivity index (χ0) is 19.0. The van der Waals surface area contributed by atoms with Crippen molar-refractivity contribution < 1.29 is 15.0 Å². The molecule has 2 heterocycles. The van der Waals surface area contributed by atoms with Gasteiger partial charge in [0, 0.05) is 28.7 Å². The van der Waals surface area contributed by atoms with Crippen LogP contribution in [-0.2, 0) is 6.61 Å². The van der Waals surface area contributed by atoms with E-state index >= 15 is 0 Å². The Morgan fingerprint density at radius 3 is 2.59 bits per heavy atom. The van der Waals surface area contributed by atoms with Crippen LogP contribution >= 0.6 is 11.3 Å². The molecule has 1 aliphatic heterocycles. The van der Waals surface area contributed by atoms with Crippen LogP contribution in [0, 0.1) is 6.92 Å². The number of thiophene rings is 1. The van der Waals surface area contributed by atoms with Crippen molar-refractivity contribution in [1.82, 2.24) is 4.90 Å². The molecule has 0 bridgehead atoms. The van der Waals surface area contributed by atoms with E-state index in [1.54, 1.807) is 11.3 Å². The van der Waals surface area contributed by atoms with Crippen molar-refractivity contribution in [2.45, 2.75) is 32.3 Å². The summed E-state index contributed by atoms with van der Waals surface area (Å²) in [6.07, 6.45) is 0.949. The van der Waals surface area contributed by atoms with Gasteiger partial charge in [-0.15, -0.1) is 11.3 Å². The van der Waals surface area contributed by atoms with Crippen LogP contribution in [0.1, 0.15) is 35.4 Å². The minimum absolute atomic E-state index is 0.0538. The first-order valence-electron chi connectivity index (χ1n) is 9.26. The first-order chi connectivity index (χ1) is 13.1. The third kappa shape index (κ3) is 3.45. The molecule has 0 saturated carbocycles. The van der Waals surface area contributed by atoms with Gasteiger partial charge in [0.1, 0.15) is 0 Å². The molecule has 1 aliphatic rings. The van der Waals surface area contributed by atoms with Crippen LogP contribution in [0.5, 0.6) is 0 Å². The van der Waals surface area contributed by atoms with Crippen LogP contribution in [0.2, 0.25) is 0 Å². The minimum Gasteiger partial charge on any atom is -0.465 e. The Kier molecular flexibility index (Phi) is 4.89. The van der Waals surface area contributed by atoms with Crippen LogP contribution in [0.25, 0.3) is 21.2 Å². The number of benzene rings is 2. The molecular formula is C22H23NO3S. The van der Waals surface area contributed by atoms with Gasteiger partial charge in [-0.2, -0.15) is 0 Å². The number of hydrogen-bond donors (Lipinski definition) is 2. The Morgan fingerprint density at radius 1 is 1.15 bits per heavy atom. The number of carboxylic acid groups (broad SMARTS) is 1. The zero-order valence-corrected chi connectivity index (χ0v) is 16.1. The van der Waals surface area contributed by atoms with E-state index in [1.165, 1.54) is 37.2 Å². The van der Waals surface area contributed by atoms with E-state index in [2.05, 4.69) is 42.6 Å². The molecule has 1 amide bonds. The number of hydrogen-bond acceptors (Lipinski definition) is 3. The lowest BCUT2D eigenvalue weighted by Crippen LogP contribution is -2.36. The highest BCUT2D eigenvalue weighted by Crippen LogP contribution is 2.38. The van der Waals surface area contributed by atoms with Crippen molar-refractivity contribution in [3.8, 4) is 11.1 Å². The van der Waals surface area contributed by atoms with Crippen molar-refractivity contribution in [1.29, 1.82) is 0 Å². The fourth-order valence-electron chi connectivity index (χ4n) is 4.03. The molecule has 4 rings (SSSR count). The Morgan fingerprint density at radius 2 is 1.93 bits per heavy atom. The zero-order valence-electron chi connectivity index (χ0n) is 15.3. The topological polar surface area (TPSA) is 60.8 Å². The Balaban J connectivity index is 1.62. The summed E-state index contributed by atoms with van der Waals surface area (Å²) in [6, 6.07) is 12.8. The Hall–Kier alpha value is -2.37. The van der Waals surface area contributed by atoms with E-state index in [-0.39, 0.29) is 6.61 Å². The molecule has 2 aromatic carbocycles. The van der Waals surface area contributed by atoms with Crippen molar-refractivity contribution in [3.63, 3.8) is 0 Å². The van der Waals surface area contributed by atoms with Crippen molar-refractivity contribution in [2.24, 2.45) is 0 Å². The van der Waals surface area contributed by atoms with Gasteiger partial charge in [0.15, 0.2) is 0 Å². The minimum atomic E-state index is -0.813. The lowest BCUT2D eigenvalue weighted by Gasteiger charge is -2.30. The van der Waals surface area contributed by atoms with Gasteiger partial charge in [-0.3, -0.25) is 0 Å². The van der Waals surface area contributed by atoms with Gasteiger partial charge in [-0.05, 0) is 65.4 Å². The summed E-state index contributed by atoms with van der Waals surface area (Å²) in [6.45, 7) is 3.42. The summed E-state index contributed by atoms with van der Waals surface area (Å²) in [4.78, 5) is 12.6. The quantitative estimate of drug-likeness (QED) is 0.653. The van der Waals surface area contributed by atoms with Gasteiger partial charge in [0.25, 0.3) is 0 Å². The molecule has 0 radical (unpaired) electrons. The summed E-state index contributed by atoms with van der Waals surface area (Å²) in [5, 5.41) is 21.9. The molecule has 0 atom stereocenters. The number of aliphatic hydroxyl groups excluding tert-OH is 1. The predicted molar refractivity (Wildman–Crippen MR) is 109 cm³/mol. The monoisotopic (exact) mass is 381 g/mol. The van der Waals surface area contributed by atoms with Gasteiger partial charge >= 0.3 is 6.09 Å². The van der Waals surface area contributed by atoms with Gasteiger partial charge in [-0.25, -0.2) is 4.79 Å². The number of aryl methyl sites for hydroxylation is 1. The Labute approximate surface area is 162 Å². The molecule has 0 spiro atoms. The maximum absolute atomic E-state index is 11.1. The molecule has 1 saturated heterocycles. The molecule has 1 fully saturated rings. The summed E-state index contributed by atoms with van der Waals surface area (Å²) in [5.74, 6) is 0.425. The third-order valence-electron chi connectivity index (χ3n) is 5.60. The van der Waals surface area contributed by atoms with Gasteiger partial charge in [0.2, 0.25) is 0 Å². The lowest BCUT2D eigenvalue weighted by atomic mass is 9.87. The number of fused-ring (bicyclic) bond motifs is 1. The number of nitrogens with zero attached hydrogens (tertiary/aromatic N) is 1. The molecule has 2 N–H and O–H groups in total. The maximum atomic E-state index is 11.1. The molecule has 1 aromatic heterocycles. The molecule has 0 unspecified atom stereocenters. The summed E-state index contributed by atoms with van der Waals surface area (Å²) < 4.78 is 1.23. The standard InChI is InChI=1S/C22H23NO3S/c1-14-10-17(16-6-8-23(9-7-16)22(25)26)3-4-18(14)20-13-27-21-5-2-15(12-24)11-19(20)21/h2-5,10-11,13,16,24H,6-9,12H2,1H3,(H,25,26). The molecule has 3 aromatic rings. The second kappa shape index (κ2) is 7.33. The number of aliphatic hydroxyl groups is 1. The van der Waals surface area contributed by atoms with E-state index in [0.29, 0.717) is 19.0 Å². The van der Waals surface area contributed by atoms with Gasteiger partial charge in [0.05, 0.1) is 6.61 Å². The van der Waals surface area contributed by atoms with E-state index in [4.69, 9.17) is 5.11 Å². The van der Waals surface area contributed by atoms with Crippen molar-refractivity contribution in [3.05, 3.63) is 58.5 Å². The fraction of sp³-hybridized carbons (Fsp3) is 0.318. The predicted octanol–water partition coefficient (Wildman–Crippen LogP) is 5.23. The summed E-state index contributed by atoms with van der Waals surface area (Å²) in [7, 11) is 0. The molecule has 4 nitrogen and oxygen atoms in total. The number of likely N-dealkylation sites (tertiary alicyclic amines) is 1. The highest BCUT2D eigenvalue weighted by atomic mass is 32.1. The number of carbonyl (C=O) groups is 1. The largest absolute Gasteiger partial charge is 0.465 e. The number of piperidine rings is 1. The number of rotatable bonds is 3. The van der Waals surface area contributed by atoms with Crippen LogP contribution in [0.4, 0.5) is 4.79 Å². The molecule has 0 aliphatic carbocycles. The van der Waals surface area contributed by atoms with Crippen LogP contribution < -0.4 is 0 Å². The highest BCUT2D eigenvalue weighted by molar-refractivity contribution is 7.17. The van der Waals surface area contributed by atoms with E-state index in [9.17, 15) is 9.90 Å². The lowest BCUT2D eigenvalue weighted by molar-refractivity contribution is 0.132. The van der Waals surface area contributed by atoms with E-state index in [0.717, 1.165) is 18.4 Å². The smallest absolute Gasteiger partial charge is 0.407 e. The number of amides is 1. The SMILES string of the molecule is Cc1cc(C2CCN(C(=O)O)CC2)ccc1-c1csc2ccc(CO)cc12. The third-order valence-corrected chi connectivity index (χ3v) is 6.56. The Bertz CT molecular complexity index is 986. The molecule has 140 valence electrons. The normalized spacial score (nSPS) is 15.4. The fourth-order valence-corrected chi connectivity index (χ4v) is 4.97. The van der Waals surface area contributed by atoms with Gasteiger partial charge in [-0.1, -0.05) is 24.3 Å². The van der Waals surface area contributed by atoms with Crippen LogP contribution in [-0.4, -0.2) is 34.3 Å².